The van der Waals surface area contributed by atoms with Crippen molar-refractivity contribution in [2.24, 2.45) is 11.3 Å². The Kier molecular flexibility index (Phi) is 12.0. The molecule has 3 rings (SSSR count). The second-order valence-electron chi connectivity index (χ2n) is 13.0. The summed E-state index contributed by atoms with van der Waals surface area (Å²) in [6.45, 7) is 8.01. The number of carbonyl (C=O) groups excluding carboxylic acids is 5. The van der Waals surface area contributed by atoms with Crippen molar-refractivity contribution < 1.29 is 36.9 Å². The summed E-state index contributed by atoms with van der Waals surface area (Å²) in [5.74, 6) is -4.44. The maximum Gasteiger partial charge on any atom is 0.289 e. The van der Waals surface area contributed by atoms with Crippen LogP contribution in [-0.4, -0.2) is 67.1 Å². The summed E-state index contributed by atoms with van der Waals surface area (Å²) >= 11 is 6.42. The van der Waals surface area contributed by atoms with Crippen molar-refractivity contribution in [3.05, 3.63) is 34.3 Å². The summed E-state index contributed by atoms with van der Waals surface area (Å²) in [4.78, 5) is 64.9. The molecule has 1 aliphatic heterocycles. The minimum Gasteiger partial charge on any atom is -0.356 e. The van der Waals surface area contributed by atoms with E-state index in [1.807, 2.05) is 27.7 Å². The van der Waals surface area contributed by atoms with E-state index in [0.29, 0.717) is 30.5 Å². The molecule has 0 radical (unpaired) electrons. The minimum absolute atomic E-state index is 0.0316. The lowest BCUT2D eigenvalue weighted by Crippen LogP contribution is -2.55. The van der Waals surface area contributed by atoms with Gasteiger partial charge in [0.25, 0.3) is 16.0 Å². The second kappa shape index (κ2) is 14.8. The molecule has 44 heavy (non-hydrogen) atoms. The number of rotatable bonds is 15. The van der Waals surface area contributed by atoms with Crippen molar-refractivity contribution in [1.29, 1.82) is 0 Å². The number of nitrogens with one attached hydrogen (secondary N) is 4. The van der Waals surface area contributed by atoms with Gasteiger partial charge in [-0.3, -0.25) is 28.5 Å². The van der Waals surface area contributed by atoms with Gasteiger partial charge in [-0.1, -0.05) is 51.4 Å². The third kappa shape index (κ3) is 11.2. The van der Waals surface area contributed by atoms with Crippen molar-refractivity contribution in [3.63, 3.8) is 0 Å². The Balaban J connectivity index is 1.75. The smallest absolute Gasteiger partial charge is 0.289 e. The predicted molar refractivity (Wildman–Crippen MR) is 164 cm³/mol. The fourth-order valence-corrected chi connectivity index (χ4v) is 6.23. The molecule has 1 unspecified atom stereocenters. The Morgan fingerprint density at radius 1 is 1.09 bits per heavy atom. The van der Waals surface area contributed by atoms with Crippen LogP contribution in [-0.2, 0) is 39.8 Å². The molecule has 1 heterocycles. The van der Waals surface area contributed by atoms with Crippen LogP contribution in [0.15, 0.2) is 18.2 Å². The van der Waals surface area contributed by atoms with Crippen LogP contribution in [0.2, 0.25) is 5.02 Å². The zero-order valence-electron chi connectivity index (χ0n) is 25.6. The normalized spacial score (nSPS) is 19.0. The van der Waals surface area contributed by atoms with Gasteiger partial charge in [-0.05, 0) is 67.1 Å². The first-order valence-electron chi connectivity index (χ1n) is 14.9. The van der Waals surface area contributed by atoms with E-state index in [1.165, 1.54) is 12.1 Å². The quantitative estimate of drug-likeness (QED) is 0.141. The molecule has 4 atom stereocenters. The molecule has 0 spiro atoms. The van der Waals surface area contributed by atoms with E-state index in [1.54, 1.807) is 6.07 Å². The fourth-order valence-electron chi connectivity index (χ4n) is 5.28. The van der Waals surface area contributed by atoms with Crippen molar-refractivity contribution in [1.82, 2.24) is 21.3 Å². The highest BCUT2D eigenvalue weighted by atomic mass is 35.5. The summed E-state index contributed by atoms with van der Waals surface area (Å²) in [6.07, 6.45) is 2.70. The average Bonchev–Trinajstić information content (AvgIpc) is 3.63. The van der Waals surface area contributed by atoms with Crippen LogP contribution in [0.1, 0.15) is 89.7 Å². The maximum absolute atomic E-state index is 13.6. The molecule has 12 nitrogen and oxygen atoms in total. The topological polar surface area (TPSA) is 188 Å². The van der Waals surface area contributed by atoms with Gasteiger partial charge in [0.15, 0.2) is 0 Å². The van der Waals surface area contributed by atoms with Gasteiger partial charge in [-0.2, -0.15) is 8.42 Å². The van der Waals surface area contributed by atoms with Crippen LogP contribution in [0.4, 0.5) is 0 Å². The van der Waals surface area contributed by atoms with Gasteiger partial charge in [0.1, 0.15) is 11.8 Å². The zero-order valence-corrected chi connectivity index (χ0v) is 27.1. The van der Waals surface area contributed by atoms with Gasteiger partial charge in [0, 0.05) is 29.9 Å². The van der Waals surface area contributed by atoms with Crippen LogP contribution in [0.5, 0.6) is 0 Å². The highest BCUT2D eigenvalue weighted by Crippen LogP contribution is 2.31. The Labute approximate surface area is 263 Å². The summed E-state index contributed by atoms with van der Waals surface area (Å²) in [6, 6.07) is 2.23. The van der Waals surface area contributed by atoms with E-state index < -0.39 is 62.8 Å². The number of halogens is 1. The summed E-state index contributed by atoms with van der Waals surface area (Å²) < 4.78 is 31.6. The summed E-state index contributed by atoms with van der Waals surface area (Å²) in [7, 11) is -4.24. The number of Topliss-reactive ketones (excluding diaryl/α,β-unsaturated/α-hetero) is 1. The molecule has 2 aliphatic rings. The standard InChI is InChI=1S/C30H43ClN4O8S/c1-5-18(21-9-6-17(12-22(21)31)16-44(41,42)43)14-25(36)34-24(15-30(2,3)4)28(39)35-23(13-19-10-11-32-27(19)38)26(37)29(40)33-20-7-8-20/h6,9,12,18-20,23-24H,5,7-8,10-11,13-16H2,1-4H3,(H,32,38)(H,33,40)(H,34,36)(H,35,39)(H,41,42,43)/t18-,19-,23?,24-/m0/s1. The van der Waals surface area contributed by atoms with Crippen molar-refractivity contribution in [3.8, 4) is 0 Å². The highest BCUT2D eigenvalue weighted by Gasteiger charge is 2.37. The molecule has 1 aromatic rings. The first-order chi connectivity index (χ1) is 20.5. The van der Waals surface area contributed by atoms with Crippen LogP contribution in [0, 0.1) is 11.3 Å². The molecular formula is C30H43ClN4O8S. The molecule has 244 valence electrons. The lowest BCUT2D eigenvalue weighted by molar-refractivity contribution is -0.141. The maximum atomic E-state index is 13.6. The first-order valence-corrected chi connectivity index (χ1v) is 16.9. The van der Waals surface area contributed by atoms with Gasteiger partial charge < -0.3 is 21.3 Å². The van der Waals surface area contributed by atoms with Gasteiger partial charge >= 0.3 is 0 Å². The van der Waals surface area contributed by atoms with E-state index in [9.17, 15) is 32.4 Å². The van der Waals surface area contributed by atoms with Crippen molar-refractivity contribution in [2.75, 3.05) is 6.54 Å². The van der Waals surface area contributed by atoms with Crippen molar-refractivity contribution in [2.45, 2.75) is 102 Å². The first kappa shape index (κ1) is 35.4. The number of ketones is 1. The van der Waals surface area contributed by atoms with Gasteiger partial charge in [-0.15, -0.1) is 0 Å². The van der Waals surface area contributed by atoms with Gasteiger partial charge in [-0.25, -0.2) is 0 Å². The number of carbonyl (C=O) groups is 5. The Bertz CT molecular complexity index is 1370. The molecule has 1 saturated carbocycles. The number of amides is 4. The Hall–Kier alpha value is -3.03. The van der Waals surface area contributed by atoms with E-state index in [4.69, 9.17) is 16.2 Å². The monoisotopic (exact) mass is 654 g/mol. The lowest BCUT2D eigenvalue weighted by Gasteiger charge is -2.29. The molecule has 4 amide bonds. The van der Waals surface area contributed by atoms with Crippen LogP contribution < -0.4 is 21.3 Å². The molecule has 1 saturated heterocycles. The SMILES string of the molecule is CC[C@@H](CC(=O)N[C@@H](CC(C)(C)C)C(=O)NC(C[C@@H]1CCNC1=O)C(=O)C(=O)NC1CC1)c1ccc(CS(=O)(=O)O)cc1Cl. The molecule has 0 aromatic heterocycles. The molecule has 5 N–H and O–H groups in total. The third-order valence-electron chi connectivity index (χ3n) is 7.70. The summed E-state index contributed by atoms with van der Waals surface area (Å²) in [5, 5.41) is 11.0. The van der Waals surface area contributed by atoms with Gasteiger partial charge in [0.05, 0.1) is 6.04 Å². The minimum atomic E-state index is -4.24. The van der Waals surface area contributed by atoms with E-state index in [2.05, 4.69) is 21.3 Å². The van der Waals surface area contributed by atoms with Crippen LogP contribution in [0.3, 0.4) is 0 Å². The predicted octanol–water partition coefficient (Wildman–Crippen LogP) is 2.39. The molecule has 0 bridgehead atoms. The molecule has 1 aliphatic carbocycles. The number of hydrogen-bond donors (Lipinski definition) is 5. The lowest BCUT2D eigenvalue weighted by atomic mass is 9.87. The zero-order chi connectivity index (χ0) is 32.8. The van der Waals surface area contributed by atoms with Gasteiger partial charge in [0.2, 0.25) is 23.5 Å². The fraction of sp³-hybridized carbons (Fsp3) is 0.633. The largest absolute Gasteiger partial charge is 0.356 e. The summed E-state index contributed by atoms with van der Waals surface area (Å²) in [5.41, 5.74) is 0.509. The average molecular weight is 655 g/mol. The number of hydrogen-bond acceptors (Lipinski definition) is 7. The highest BCUT2D eigenvalue weighted by molar-refractivity contribution is 7.85. The van der Waals surface area contributed by atoms with Crippen LogP contribution in [0.25, 0.3) is 0 Å². The van der Waals surface area contributed by atoms with Crippen molar-refractivity contribution >= 4 is 51.1 Å². The molecule has 1 aromatic carbocycles. The molecule has 14 heteroatoms. The van der Waals surface area contributed by atoms with E-state index >= 15 is 0 Å². The Morgan fingerprint density at radius 3 is 2.30 bits per heavy atom. The van der Waals surface area contributed by atoms with Crippen LogP contribution >= 0.6 is 11.6 Å². The number of benzene rings is 1. The molecular weight excluding hydrogens is 612 g/mol. The Morgan fingerprint density at radius 2 is 1.77 bits per heavy atom. The second-order valence-corrected chi connectivity index (χ2v) is 14.8. The third-order valence-corrected chi connectivity index (χ3v) is 8.72. The molecule has 2 fully saturated rings. The van der Waals surface area contributed by atoms with E-state index in [0.717, 1.165) is 12.8 Å². The van der Waals surface area contributed by atoms with E-state index in [-0.39, 0.29) is 42.2 Å².